The fourth-order valence-electron chi connectivity index (χ4n) is 3.36. The van der Waals surface area contributed by atoms with Crippen molar-refractivity contribution in [3.8, 4) is 6.07 Å². The second-order valence-corrected chi connectivity index (χ2v) is 6.32. The minimum Gasteiger partial charge on any atom is -0.338 e. The highest BCUT2D eigenvalue weighted by Crippen LogP contribution is 2.23. The normalized spacial score (nSPS) is 18.7. The van der Waals surface area contributed by atoms with Crippen molar-refractivity contribution in [2.24, 2.45) is 13.0 Å². The van der Waals surface area contributed by atoms with E-state index in [1.54, 1.807) is 6.07 Å². The van der Waals surface area contributed by atoms with Crippen LogP contribution in [0.15, 0.2) is 30.6 Å². The number of hydrogen-bond acceptors (Lipinski definition) is 3. The molecule has 0 bridgehead atoms. The number of benzene rings is 1. The summed E-state index contributed by atoms with van der Waals surface area (Å²) in [6.07, 6.45) is 7.10. The van der Waals surface area contributed by atoms with Crippen LogP contribution in [0, 0.1) is 23.1 Å². The summed E-state index contributed by atoms with van der Waals surface area (Å²) in [6, 6.07) is 6.57. The first-order valence-electron chi connectivity index (χ1n) is 8.03. The van der Waals surface area contributed by atoms with Gasteiger partial charge >= 0.3 is 0 Å². The quantitative estimate of drug-likeness (QED) is 0.872. The van der Waals surface area contributed by atoms with Crippen LogP contribution >= 0.6 is 0 Å². The maximum absolute atomic E-state index is 13.5. The van der Waals surface area contributed by atoms with E-state index in [0.29, 0.717) is 18.0 Å². The van der Waals surface area contributed by atoms with E-state index >= 15 is 0 Å². The predicted molar refractivity (Wildman–Crippen MR) is 86.0 cm³/mol. The van der Waals surface area contributed by atoms with Crippen molar-refractivity contribution in [3.63, 3.8) is 0 Å². The molecular formula is C18H21FN4. The lowest BCUT2D eigenvalue weighted by atomic mass is 9.94. The summed E-state index contributed by atoms with van der Waals surface area (Å²) < 4.78 is 15.5. The van der Waals surface area contributed by atoms with E-state index in [0.717, 1.165) is 37.3 Å². The van der Waals surface area contributed by atoms with Crippen molar-refractivity contribution in [2.45, 2.75) is 25.8 Å². The third-order valence-electron chi connectivity index (χ3n) is 4.58. The zero-order valence-corrected chi connectivity index (χ0v) is 13.4. The van der Waals surface area contributed by atoms with Crippen LogP contribution in [0.4, 0.5) is 4.39 Å². The van der Waals surface area contributed by atoms with Gasteiger partial charge < -0.3 is 4.57 Å². The highest BCUT2D eigenvalue weighted by molar-refractivity contribution is 5.37. The summed E-state index contributed by atoms with van der Waals surface area (Å²) >= 11 is 0. The molecule has 1 saturated heterocycles. The van der Waals surface area contributed by atoms with Crippen LogP contribution in [0.2, 0.25) is 0 Å². The maximum Gasteiger partial charge on any atom is 0.123 e. The van der Waals surface area contributed by atoms with Crippen LogP contribution in [-0.2, 0) is 20.0 Å². The Morgan fingerprint density at radius 2 is 2.30 bits per heavy atom. The Balaban J connectivity index is 1.66. The smallest absolute Gasteiger partial charge is 0.123 e. The van der Waals surface area contributed by atoms with Gasteiger partial charge in [-0.15, -0.1) is 0 Å². The van der Waals surface area contributed by atoms with Crippen LogP contribution in [0.5, 0.6) is 0 Å². The summed E-state index contributed by atoms with van der Waals surface area (Å²) in [5.41, 5.74) is 1.35. The number of hydrogen-bond donors (Lipinski definition) is 0. The van der Waals surface area contributed by atoms with Gasteiger partial charge in [0.25, 0.3) is 0 Å². The molecule has 23 heavy (non-hydrogen) atoms. The fourth-order valence-corrected chi connectivity index (χ4v) is 3.36. The van der Waals surface area contributed by atoms with Crippen molar-refractivity contribution in [1.29, 1.82) is 5.26 Å². The van der Waals surface area contributed by atoms with Gasteiger partial charge in [0.15, 0.2) is 0 Å². The van der Waals surface area contributed by atoms with Gasteiger partial charge in [0, 0.05) is 39.0 Å². The molecule has 0 radical (unpaired) electrons. The zero-order chi connectivity index (χ0) is 16.2. The average Bonchev–Trinajstić information content (AvgIpc) is 2.93. The minimum atomic E-state index is -0.277. The molecule has 120 valence electrons. The Hall–Kier alpha value is -2.19. The second-order valence-electron chi connectivity index (χ2n) is 6.32. The molecule has 1 aliphatic rings. The number of nitrogens with zero attached hydrogens (tertiary/aromatic N) is 4. The molecule has 2 aromatic rings. The number of aryl methyl sites for hydroxylation is 1. The molecule has 0 N–H and O–H groups in total. The number of rotatable bonds is 4. The number of nitriles is 1. The molecule has 2 heterocycles. The molecule has 4 nitrogen and oxygen atoms in total. The summed E-state index contributed by atoms with van der Waals surface area (Å²) in [5.74, 6) is 1.39. The lowest BCUT2D eigenvalue weighted by Crippen LogP contribution is -2.36. The van der Waals surface area contributed by atoms with E-state index < -0.39 is 0 Å². The number of aromatic nitrogens is 2. The van der Waals surface area contributed by atoms with Crippen molar-refractivity contribution >= 4 is 0 Å². The monoisotopic (exact) mass is 312 g/mol. The first kappa shape index (κ1) is 15.7. The predicted octanol–water partition coefficient (Wildman–Crippen LogP) is 2.89. The zero-order valence-electron chi connectivity index (χ0n) is 13.4. The number of likely N-dealkylation sites (tertiary alicyclic amines) is 1. The minimum absolute atomic E-state index is 0.277. The van der Waals surface area contributed by atoms with Crippen molar-refractivity contribution < 1.29 is 4.39 Å². The molecule has 0 unspecified atom stereocenters. The van der Waals surface area contributed by atoms with Gasteiger partial charge in [0.1, 0.15) is 11.6 Å². The summed E-state index contributed by atoms with van der Waals surface area (Å²) in [5, 5.41) is 9.19. The Morgan fingerprint density at radius 3 is 3.04 bits per heavy atom. The number of halogens is 1. The van der Waals surface area contributed by atoms with Crippen LogP contribution in [0.25, 0.3) is 0 Å². The van der Waals surface area contributed by atoms with Gasteiger partial charge in [0.2, 0.25) is 0 Å². The topological polar surface area (TPSA) is 44.9 Å². The third kappa shape index (κ3) is 3.77. The molecule has 1 fully saturated rings. The maximum atomic E-state index is 13.5. The van der Waals surface area contributed by atoms with E-state index in [1.165, 1.54) is 18.6 Å². The molecule has 1 aromatic heterocycles. The van der Waals surface area contributed by atoms with E-state index in [9.17, 15) is 9.65 Å². The first-order chi connectivity index (χ1) is 11.2. The Labute approximate surface area is 136 Å². The van der Waals surface area contributed by atoms with Crippen molar-refractivity contribution in [3.05, 3.63) is 53.4 Å². The summed E-state index contributed by atoms with van der Waals surface area (Å²) in [7, 11) is 2.02. The Bertz CT molecular complexity index is 716. The van der Waals surface area contributed by atoms with Gasteiger partial charge in [-0.05, 0) is 49.1 Å². The van der Waals surface area contributed by atoms with Gasteiger partial charge in [-0.3, -0.25) is 4.90 Å². The van der Waals surface area contributed by atoms with Crippen LogP contribution < -0.4 is 0 Å². The average molecular weight is 312 g/mol. The highest BCUT2D eigenvalue weighted by Gasteiger charge is 2.22. The third-order valence-corrected chi connectivity index (χ3v) is 4.58. The van der Waals surface area contributed by atoms with Crippen LogP contribution in [0.1, 0.15) is 29.8 Å². The molecule has 1 aliphatic heterocycles. The summed E-state index contributed by atoms with van der Waals surface area (Å²) in [6.45, 7) is 2.60. The molecule has 0 spiro atoms. The number of piperidine rings is 1. The van der Waals surface area contributed by atoms with Crippen LogP contribution in [-0.4, -0.2) is 27.5 Å². The van der Waals surface area contributed by atoms with Crippen molar-refractivity contribution in [2.75, 3.05) is 13.1 Å². The van der Waals surface area contributed by atoms with Gasteiger partial charge in [0.05, 0.1) is 11.6 Å². The Kier molecular flexibility index (Phi) is 4.73. The molecule has 5 heteroatoms. The lowest BCUT2D eigenvalue weighted by Gasteiger charge is -2.32. The SMILES string of the molecule is Cn1ccnc1C[C@@H]1CCCN(Cc2cc(F)ccc2C#N)C1. The highest BCUT2D eigenvalue weighted by atomic mass is 19.1. The molecule has 1 atom stereocenters. The van der Waals surface area contributed by atoms with E-state index in [4.69, 9.17) is 0 Å². The molecule has 3 rings (SSSR count). The molecular weight excluding hydrogens is 291 g/mol. The number of imidazole rings is 1. The van der Waals surface area contributed by atoms with E-state index in [1.807, 2.05) is 19.4 Å². The molecule has 0 amide bonds. The van der Waals surface area contributed by atoms with E-state index in [2.05, 4.69) is 20.5 Å². The standard InChI is InChI=1S/C18H21FN4/c1-22-8-6-21-18(22)9-14-3-2-7-23(12-14)13-16-10-17(19)5-4-15(16)11-20/h4-6,8,10,14H,2-3,7,9,12-13H2,1H3/t14-/m0/s1. The molecule has 0 saturated carbocycles. The van der Waals surface area contributed by atoms with Gasteiger partial charge in [-0.2, -0.15) is 5.26 Å². The Morgan fingerprint density at radius 1 is 1.43 bits per heavy atom. The summed E-state index contributed by atoms with van der Waals surface area (Å²) in [4.78, 5) is 6.74. The molecule has 1 aromatic carbocycles. The van der Waals surface area contributed by atoms with Gasteiger partial charge in [-0.25, -0.2) is 9.37 Å². The fraction of sp³-hybridized carbons (Fsp3) is 0.444. The van der Waals surface area contributed by atoms with E-state index in [-0.39, 0.29) is 5.82 Å². The van der Waals surface area contributed by atoms with Crippen LogP contribution in [0.3, 0.4) is 0 Å². The van der Waals surface area contributed by atoms with Gasteiger partial charge in [-0.1, -0.05) is 0 Å². The molecule has 0 aliphatic carbocycles. The lowest BCUT2D eigenvalue weighted by molar-refractivity contribution is 0.165. The van der Waals surface area contributed by atoms with Crippen molar-refractivity contribution in [1.82, 2.24) is 14.5 Å². The first-order valence-corrected chi connectivity index (χ1v) is 8.03. The largest absolute Gasteiger partial charge is 0.338 e. The second kappa shape index (κ2) is 6.93.